The molecule has 3 rings (SSSR count). The molecular formula is C48H48Fe4N6O24. The Morgan fingerprint density at radius 3 is 0.463 bits per heavy atom. The van der Waals surface area contributed by atoms with Crippen LogP contribution in [0.4, 0.5) is 0 Å². The summed E-state index contributed by atoms with van der Waals surface area (Å²) in [5.41, 5.74) is -0.510. The first kappa shape index (κ1) is 81.4. The number of carbonyl (C=O) groups excluding carboxylic acids is 12. The zero-order chi connectivity index (χ0) is 59.1. The number of aliphatic carboxylic acids is 12. The fraction of sp³-hybridized carbons (Fsp3) is 0.500. The molecule has 0 saturated carbocycles. The summed E-state index contributed by atoms with van der Waals surface area (Å²) in [5.74, 6) is -16.9. The summed E-state index contributed by atoms with van der Waals surface area (Å²) in [4.78, 5) is 153. The zero-order valence-corrected chi connectivity index (χ0v) is 47.3. The number of hydrogen-bond donors (Lipinski definition) is 0. The van der Waals surface area contributed by atoms with Crippen LogP contribution in [0.1, 0.15) is 145 Å². The maximum atomic E-state index is 10.9. The van der Waals surface area contributed by atoms with Crippen LogP contribution in [-0.4, -0.2) is 102 Å². The van der Waals surface area contributed by atoms with Gasteiger partial charge in [0.25, 0.3) is 0 Å². The Bertz CT molecular complexity index is 2410. The number of rotatable bonds is 36. The Morgan fingerprint density at radius 2 is 0.329 bits per heavy atom. The van der Waals surface area contributed by atoms with E-state index < -0.39 is 129 Å². The first-order valence-corrected chi connectivity index (χ1v) is 23.6. The fourth-order valence-corrected chi connectivity index (χ4v) is 7.07. The molecule has 0 aliphatic heterocycles. The third-order valence-corrected chi connectivity index (χ3v) is 10.3. The second kappa shape index (κ2) is 43.7. The first-order chi connectivity index (χ1) is 36.6. The number of carboxylic acids is 12. The Labute approximate surface area is 508 Å². The van der Waals surface area contributed by atoms with Gasteiger partial charge in [0.05, 0.1) is 68.3 Å². The van der Waals surface area contributed by atoms with Gasteiger partial charge in [0.15, 0.2) is 0 Å². The van der Waals surface area contributed by atoms with Gasteiger partial charge < -0.3 is 119 Å². The van der Waals surface area contributed by atoms with Crippen molar-refractivity contribution in [2.24, 2.45) is 0 Å². The van der Waals surface area contributed by atoms with Gasteiger partial charge in [-0.05, 0) is 77.0 Å². The average molecular weight is 1320 g/mol. The van der Waals surface area contributed by atoms with E-state index in [1.807, 2.05) is 0 Å². The van der Waals surface area contributed by atoms with Gasteiger partial charge in [0.2, 0.25) is 0 Å². The SMILES string of the molecule is O=C([O-])CCCCCc1nc(CC(=O)[O-])c(CC(=O)[O-])nc1CC(=O)[O-].O=C([O-])CCCCCc1nc(CC(=O)[O-])c(CC(=O)[O-])nc1CC(=O)[O-].O=C([O-])CCCCCc1nc(CC(=O)[O-])c(CC(=O)[O-])nc1CC(=O)[O-].[Fe+3].[Fe+3].[Fe+3].[Fe+3]. The molecule has 34 heteroatoms. The number of hydrogen-bond acceptors (Lipinski definition) is 30. The van der Waals surface area contributed by atoms with Crippen LogP contribution in [0.15, 0.2) is 0 Å². The van der Waals surface area contributed by atoms with E-state index in [2.05, 4.69) is 29.9 Å². The predicted octanol–water partition coefficient (Wildman–Crippen LogP) is -14.4. The van der Waals surface area contributed by atoms with Gasteiger partial charge in [-0.25, -0.2) is 0 Å². The Kier molecular flexibility index (Phi) is 43.4. The molecule has 0 aliphatic rings. The molecule has 0 saturated heterocycles. The van der Waals surface area contributed by atoms with Crippen LogP contribution in [0.5, 0.6) is 0 Å². The minimum atomic E-state index is -1.52. The fourth-order valence-electron chi connectivity index (χ4n) is 7.07. The minimum absolute atomic E-state index is 0. The van der Waals surface area contributed by atoms with Crippen LogP contribution in [0.25, 0.3) is 0 Å². The molecule has 0 aromatic carbocycles. The van der Waals surface area contributed by atoms with Gasteiger partial charge in [0, 0.05) is 129 Å². The standard InChI is InChI=1S/3C16H20N2O8.4Fe/c3*19-13(20)5-3-1-2-4-9-10(6-14(21)22)18-12(8-16(25)26)11(17-9)7-15(23)24;;;;/h3*1-8H2,(H,19,20)(H,21,22)(H,23,24)(H,25,26);;;;/q;;;4*+3/p-12. The van der Waals surface area contributed by atoms with Crippen LogP contribution in [0.3, 0.4) is 0 Å². The smallest absolute Gasteiger partial charge is 0.550 e. The van der Waals surface area contributed by atoms with Crippen molar-refractivity contribution in [1.82, 2.24) is 29.9 Å². The number of nitrogens with zero attached hydrogens (tertiary/aromatic N) is 6. The van der Waals surface area contributed by atoms with Crippen molar-refractivity contribution in [3.05, 3.63) is 68.3 Å². The van der Waals surface area contributed by atoms with Crippen molar-refractivity contribution < 1.29 is 187 Å². The molecule has 3 aromatic rings. The van der Waals surface area contributed by atoms with Crippen molar-refractivity contribution >= 4 is 71.6 Å². The molecule has 446 valence electrons. The second-order valence-electron chi connectivity index (χ2n) is 16.8. The number of aryl methyl sites for hydroxylation is 3. The number of carboxylic acid groups (broad SMARTS) is 12. The third kappa shape index (κ3) is 37.1. The van der Waals surface area contributed by atoms with Gasteiger partial charge >= 0.3 is 68.3 Å². The van der Waals surface area contributed by atoms with Gasteiger partial charge in [-0.3, -0.25) is 29.9 Å². The summed E-state index contributed by atoms with van der Waals surface area (Å²) in [6.45, 7) is 0. The molecule has 0 aliphatic carbocycles. The minimum Gasteiger partial charge on any atom is -0.550 e. The Hall–Kier alpha value is -7.04. The molecule has 0 bridgehead atoms. The van der Waals surface area contributed by atoms with Gasteiger partial charge in [-0.1, -0.05) is 19.3 Å². The molecule has 0 amide bonds. The van der Waals surface area contributed by atoms with Crippen LogP contribution in [-0.2, 0) is 203 Å². The molecule has 0 fully saturated rings. The summed E-state index contributed by atoms with van der Waals surface area (Å²) in [7, 11) is 0. The van der Waals surface area contributed by atoms with Crippen LogP contribution >= 0.6 is 0 Å². The van der Waals surface area contributed by atoms with Crippen molar-refractivity contribution in [2.75, 3.05) is 0 Å². The monoisotopic (exact) mass is 1320 g/mol. The molecule has 3 heterocycles. The largest absolute Gasteiger partial charge is 3.00 e. The topological polar surface area (TPSA) is 559 Å². The van der Waals surface area contributed by atoms with Crippen molar-refractivity contribution in [3.63, 3.8) is 0 Å². The van der Waals surface area contributed by atoms with Crippen LogP contribution in [0.2, 0.25) is 0 Å². The van der Waals surface area contributed by atoms with E-state index in [0.29, 0.717) is 57.8 Å². The maximum Gasteiger partial charge on any atom is 3.00 e. The second-order valence-corrected chi connectivity index (χ2v) is 16.8. The van der Waals surface area contributed by atoms with E-state index in [9.17, 15) is 119 Å². The Balaban J connectivity index is -0.000000543. The molecule has 30 nitrogen and oxygen atoms in total. The summed E-state index contributed by atoms with van der Waals surface area (Å²) >= 11 is 0. The number of carbonyl (C=O) groups is 12. The normalized spacial score (nSPS) is 9.95. The zero-order valence-electron chi connectivity index (χ0n) is 42.9. The third-order valence-electron chi connectivity index (χ3n) is 10.3. The van der Waals surface area contributed by atoms with Gasteiger partial charge in [0.1, 0.15) is 0 Å². The van der Waals surface area contributed by atoms with E-state index in [4.69, 9.17) is 0 Å². The van der Waals surface area contributed by atoms with E-state index in [1.165, 1.54) is 0 Å². The molecule has 3 aromatic heterocycles. The average Bonchev–Trinajstić information content (AvgIpc) is 3.28. The van der Waals surface area contributed by atoms with Gasteiger partial charge in [-0.2, -0.15) is 0 Å². The van der Waals surface area contributed by atoms with Crippen molar-refractivity contribution in [1.29, 1.82) is 0 Å². The first-order valence-electron chi connectivity index (χ1n) is 23.6. The Morgan fingerprint density at radius 1 is 0.195 bits per heavy atom. The van der Waals surface area contributed by atoms with Crippen molar-refractivity contribution in [3.8, 4) is 0 Å². The predicted molar refractivity (Wildman–Crippen MR) is 226 cm³/mol. The molecule has 82 heavy (non-hydrogen) atoms. The van der Waals surface area contributed by atoms with E-state index in [0.717, 1.165) is 0 Å². The number of unbranched alkanes of at least 4 members (excludes halogenated alkanes) is 6. The maximum absolute atomic E-state index is 10.9. The van der Waals surface area contributed by atoms with E-state index in [-0.39, 0.29) is 175 Å². The summed E-state index contributed by atoms with van der Waals surface area (Å²) in [6, 6.07) is 0. The summed E-state index contributed by atoms with van der Waals surface area (Å²) in [5, 5.41) is 129. The summed E-state index contributed by atoms with van der Waals surface area (Å²) < 4.78 is 0. The molecular weight excluding hydrogens is 1270 g/mol. The van der Waals surface area contributed by atoms with Crippen LogP contribution < -0.4 is 61.3 Å². The van der Waals surface area contributed by atoms with E-state index in [1.54, 1.807) is 0 Å². The van der Waals surface area contributed by atoms with Gasteiger partial charge in [-0.15, -0.1) is 0 Å². The molecule has 0 unspecified atom stereocenters. The molecule has 4 radical (unpaired) electrons. The molecule has 0 N–H and O–H groups in total. The van der Waals surface area contributed by atoms with Crippen molar-refractivity contribution in [2.45, 2.75) is 154 Å². The quantitative estimate of drug-likeness (QED) is 0.0385. The molecule has 0 atom stereocenters. The number of aromatic nitrogens is 6. The molecule has 0 spiro atoms. The van der Waals surface area contributed by atoms with E-state index >= 15 is 0 Å². The van der Waals surface area contributed by atoms with Crippen LogP contribution in [0, 0.1) is 0 Å². The summed E-state index contributed by atoms with van der Waals surface area (Å²) in [6.07, 6.45) is -1.82.